The van der Waals surface area contributed by atoms with Crippen molar-refractivity contribution in [3.05, 3.63) is 30.3 Å². The van der Waals surface area contributed by atoms with E-state index in [1.54, 1.807) is 17.0 Å². The van der Waals surface area contributed by atoms with Crippen LogP contribution in [0.15, 0.2) is 30.3 Å². The van der Waals surface area contributed by atoms with Gasteiger partial charge in [-0.05, 0) is 12.1 Å². The van der Waals surface area contributed by atoms with Crippen molar-refractivity contribution < 1.29 is 9.53 Å². The summed E-state index contributed by atoms with van der Waals surface area (Å²) in [6.07, 6.45) is -0.321. The van der Waals surface area contributed by atoms with Crippen LogP contribution in [0.3, 0.4) is 0 Å². The van der Waals surface area contributed by atoms with Gasteiger partial charge in [0.1, 0.15) is 5.75 Å². The Kier molecular flexibility index (Phi) is 2.37. The minimum atomic E-state index is -0.321. The fraction of sp³-hybridized carbons (Fsp3) is 0.300. The van der Waals surface area contributed by atoms with Crippen LogP contribution in [0, 0.1) is 0 Å². The number of nitrogens with zero attached hydrogens (tertiary/aromatic N) is 1. The van der Waals surface area contributed by atoms with Crippen LogP contribution in [0.4, 0.5) is 4.79 Å². The Balaban J connectivity index is 1.89. The summed E-state index contributed by atoms with van der Waals surface area (Å²) < 4.78 is 5.10. The predicted molar refractivity (Wildman–Crippen MR) is 52.0 cm³/mol. The van der Waals surface area contributed by atoms with Gasteiger partial charge in [-0.2, -0.15) is 0 Å². The molecule has 2 rings (SSSR count). The largest absolute Gasteiger partial charge is 0.415 e. The first-order valence-electron chi connectivity index (χ1n) is 4.53. The number of likely N-dealkylation sites (tertiary alicyclic amines) is 1. The number of carbonyl (C=O) groups is 1. The smallest absolute Gasteiger partial charge is 0.410 e. The van der Waals surface area contributed by atoms with Gasteiger partial charge in [0.25, 0.3) is 0 Å². The minimum Gasteiger partial charge on any atom is -0.410 e. The van der Waals surface area contributed by atoms with Crippen molar-refractivity contribution in [3.8, 4) is 5.75 Å². The third-order valence-electron chi connectivity index (χ3n) is 2.12. The van der Waals surface area contributed by atoms with E-state index in [4.69, 9.17) is 10.5 Å². The molecule has 1 aromatic rings. The molecule has 0 radical (unpaired) electrons. The Morgan fingerprint density at radius 3 is 2.57 bits per heavy atom. The summed E-state index contributed by atoms with van der Waals surface area (Å²) in [5, 5.41) is 0. The van der Waals surface area contributed by atoms with Gasteiger partial charge in [-0.25, -0.2) is 4.79 Å². The molecule has 1 heterocycles. The van der Waals surface area contributed by atoms with Crippen molar-refractivity contribution in [2.75, 3.05) is 13.1 Å². The molecule has 1 saturated heterocycles. The first kappa shape index (κ1) is 9.02. The average Bonchev–Trinajstić information content (AvgIpc) is 2.14. The SMILES string of the molecule is NC1CN(C(=O)Oc2ccccc2)C1. The van der Waals surface area contributed by atoms with Crippen molar-refractivity contribution in [2.24, 2.45) is 5.73 Å². The standard InChI is InChI=1S/C10H12N2O2/c11-8-6-12(7-8)10(13)14-9-4-2-1-3-5-9/h1-5,8H,6-7,11H2. The Morgan fingerprint density at radius 1 is 1.36 bits per heavy atom. The second kappa shape index (κ2) is 3.67. The minimum absolute atomic E-state index is 0.110. The second-order valence-electron chi connectivity index (χ2n) is 3.35. The Hall–Kier alpha value is -1.55. The van der Waals surface area contributed by atoms with E-state index in [9.17, 15) is 4.79 Å². The van der Waals surface area contributed by atoms with Crippen molar-refractivity contribution >= 4 is 6.09 Å². The van der Waals surface area contributed by atoms with E-state index < -0.39 is 0 Å². The topological polar surface area (TPSA) is 55.6 Å². The molecule has 0 saturated carbocycles. The number of amides is 1. The predicted octanol–water partition coefficient (Wildman–Crippen LogP) is 0.828. The molecule has 4 heteroatoms. The van der Waals surface area contributed by atoms with Crippen LogP contribution in [-0.2, 0) is 0 Å². The molecule has 14 heavy (non-hydrogen) atoms. The fourth-order valence-electron chi connectivity index (χ4n) is 1.32. The second-order valence-corrected chi connectivity index (χ2v) is 3.35. The molecular formula is C10H12N2O2. The van der Waals surface area contributed by atoms with Crippen LogP contribution in [0.5, 0.6) is 5.75 Å². The highest BCUT2D eigenvalue weighted by atomic mass is 16.6. The number of rotatable bonds is 1. The number of para-hydroxylation sites is 1. The molecule has 0 atom stereocenters. The summed E-state index contributed by atoms with van der Waals surface area (Å²) in [5.74, 6) is 0.568. The summed E-state index contributed by atoms with van der Waals surface area (Å²) in [5.41, 5.74) is 5.55. The number of hydrogen-bond donors (Lipinski definition) is 1. The molecular weight excluding hydrogens is 180 g/mol. The van der Waals surface area contributed by atoms with Gasteiger partial charge in [-0.3, -0.25) is 0 Å². The number of benzene rings is 1. The molecule has 1 aliphatic heterocycles. The lowest BCUT2D eigenvalue weighted by molar-refractivity contribution is 0.113. The van der Waals surface area contributed by atoms with Gasteiger partial charge in [0.2, 0.25) is 0 Å². The number of nitrogens with two attached hydrogens (primary N) is 1. The van der Waals surface area contributed by atoms with Gasteiger partial charge in [0.15, 0.2) is 0 Å². The maximum Gasteiger partial charge on any atom is 0.415 e. The van der Waals surface area contributed by atoms with E-state index in [0.29, 0.717) is 18.8 Å². The Labute approximate surface area is 82.3 Å². The summed E-state index contributed by atoms with van der Waals surface area (Å²) >= 11 is 0. The van der Waals surface area contributed by atoms with Gasteiger partial charge in [-0.15, -0.1) is 0 Å². The third-order valence-corrected chi connectivity index (χ3v) is 2.12. The van der Waals surface area contributed by atoms with Gasteiger partial charge in [-0.1, -0.05) is 18.2 Å². The Bertz CT molecular complexity index is 320. The van der Waals surface area contributed by atoms with Crippen molar-refractivity contribution in [1.29, 1.82) is 0 Å². The summed E-state index contributed by atoms with van der Waals surface area (Å²) in [6.45, 7) is 1.18. The molecule has 1 amide bonds. The number of hydrogen-bond acceptors (Lipinski definition) is 3. The lowest BCUT2D eigenvalue weighted by atomic mass is 10.1. The van der Waals surface area contributed by atoms with Crippen LogP contribution in [0.1, 0.15) is 0 Å². The number of carbonyl (C=O) groups excluding carboxylic acids is 1. The van der Waals surface area contributed by atoms with Gasteiger partial charge in [0, 0.05) is 19.1 Å². The summed E-state index contributed by atoms with van der Waals surface area (Å²) in [6, 6.07) is 9.12. The third kappa shape index (κ3) is 1.85. The maximum absolute atomic E-state index is 11.4. The summed E-state index contributed by atoms with van der Waals surface area (Å²) in [7, 11) is 0. The lowest BCUT2D eigenvalue weighted by Gasteiger charge is -2.35. The van der Waals surface area contributed by atoms with Crippen LogP contribution >= 0.6 is 0 Å². The van der Waals surface area contributed by atoms with Crippen LogP contribution < -0.4 is 10.5 Å². The normalized spacial score (nSPS) is 16.2. The van der Waals surface area contributed by atoms with Crippen LogP contribution in [-0.4, -0.2) is 30.1 Å². The van der Waals surface area contributed by atoms with E-state index >= 15 is 0 Å². The molecule has 1 aromatic carbocycles. The van der Waals surface area contributed by atoms with E-state index in [1.165, 1.54) is 0 Å². The molecule has 4 nitrogen and oxygen atoms in total. The van der Waals surface area contributed by atoms with Gasteiger partial charge < -0.3 is 15.4 Å². The molecule has 74 valence electrons. The molecule has 0 aliphatic carbocycles. The molecule has 1 aliphatic rings. The molecule has 2 N–H and O–H groups in total. The fourth-order valence-corrected chi connectivity index (χ4v) is 1.32. The van der Waals surface area contributed by atoms with Crippen LogP contribution in [0.2, 0.25) is 0 Å². The van der Waals surface area contributed by atoms with Gasteiger partial charge >= 0.3 is 6.09 Å². The van der Waals surface area contributed by atoms with E-state index in [0.717, 1.165) is 0 Å². The Morgan fingerprint density at radius 2 is 2.00 bits per heavy atom. The van der Waals surface area contributed by atoms with E-state index in [2.05, 4.69) is 0 Å². The molecule has 0 spiro atoms. The zero-order valence-corrected chi connectivity index (χ0v) is 7.72. The van der Waals surface area contributed by atoms with Crippen molar-refractivity contribution in [1.82, 2.24) is 4.90 Å². The highest BCUT2D eigenvalue weighted by Gasteiger charge is 2.28. The molecule has 0 aromatic heterocycles. The maximum atomic E-state index is 11.4. The zero-order valence-electron chi connectivity index (χ0n) is 7.72. The zero-order chi connectivity index (χ0) is 9.97. The highest BCUT2D eigenvalue weighted by Crippen LogP contribution is 2.13. The van der Waals surface area contributed by atoms with E-state index in [-0.39, 0.29) is 12.1 Å². The first-order chi connectivity index (χ1) is 6.75. The van der Waals surface area contributed by atoms with Crippen molar-refractivity contribution in [2.45, 2.75) is 6.04 Å². The summed E-state index contributed by atoms with van der Waals surface area (Å²) in [4.78, 5) is 13.0. The monoisotopic (exact) mass is 192 g/mol. The van der Waals surface area contributed by atoms with Gasteiger partial charge in [0.05, 0.1) is 0 Å². The van der Waals surface area contributed by atoms with Crippen molar-refractivity contribution in [3.63, 3.8) is 0 Å². The lowest BCUT2D eigenvalue weighted by Crippen LogP contribution is -2.58. The first-order valence-corrected chi connectivity index (χ1v) is 4.53. The number of ether oxygens (including phenoxy) is 1. The van der Waals surface area contributed by atoms with E-state index in [1.807, 2.05) is 18.2 Å². The highest BCUT2D eigenvalue weighted by molar-refractivity contribution is 5.71. The quantitative estimate of drug-likeness (QED) is 0.717. The molecule has 0 unspecified atom stereocenters. The molecule has 0 bridgehead atoms. The molecule has 1 fully saturated rings. The average molecular weight is 192 g/mol. The van der Waals surface area contributed by atoms with Crippen LogP contribution in [0.25, 0.3) is 0 Å².